The molecule has 8 nitrogen and oxygen atoms in total. The molecule has 0 aliphatic rings. The molecule has 2 aromatic rings. The highest BCUT2D eigenvalue weighted by Gasteiger charge is 2.20. The number of hydrogen-bond acceptors (Lipinski definition) is 6. The minimum Gasteiger partial charge on any atom is -0.452 e. The molecule has 1 heterocycles. The van der Waals surface area contributed by atoms with Gasteiger partial charge in [0, 0.05) is 18.0 Å². The summed E-state index contributed by atoms with van der Waals surface area (Å²) in [6, 6.07) is 8.08. The van der Waals surface area contributed by atoms with E-state index in [0.29, 0.717) is 11.0 Å². The highest BCUT2D eigenvalue weighted by Crippen LogP contribution is 2.13. The summed E-state index contributed by atoms with van der Waals surface area (Å²) in [7, 11) is 1.42. The number of nitrogens with zero attached hydrogens (tertiary/aromatic N) is 1. The van der Waals surface area contributed by atoms with Crippen molar-refractivity contribution in [3.8, 4) is 0 Å². The number of carbonyl (C=O) groups is 3. The van der Waals surface area contributed by atoms with E-state index in [1.807, 2.05) is 20.8 Å². The van der Waals surface area contributed by atoms with Crippen molar-refractivity contribution in [2.24, 2.45) is 0 Å². The first-order valence-electron chi connectivity index (χ1n) is 8.32. The van der Waals surface area contributed by atoms with Gasteiger partial charge in [0.1, 0.15) is 11.1 Å². The second kappa shape index (κ2) is 8.03. The van der Waals surface area contributed by atoms with Gasteiger partial charge in [0.2, 0.25) is 5.91 Å². The van der Waals surface area contributed by atoms with Gasteiger partial charge in [0.15, 0.2) is 6.61 Å². The minimum absolute atomic E-state index is 0.175. The van der Waals surface area contributed by atoms with Crippen LogP contribution in [0.1, 0.15) is 31.1 Å². The largest absolute Gasteiger partial charge is 0.452 e. The molecule has 144 valence electrons. The zero-order valence-corrected chi connectivity index (χ0v) is 15.7. The van der Waals surface area contributed by atoms with E-state index in [-0.39, 0.29) is 18.0 Å². The van der Waals surface area contributed by atoms with Crippen LogP contribution in [0.25, 0.3) is 11.0 Å². The molecule has 0 aliphatic carbocycles. The molecule has 1 aromatic heterocycles. The first kappa shape index (κ1) is 20.2. The monoisotopic (exact) mass is 374 g/mol. The van der Waals surface area contributed by atoms with Crippen molar-refractivity contribution in [2.75, 3.05) is 20.2 Å². The van der Waals surface area contributed by atoms with E-state index >= 15 is 0 Å². The number of hydrogen-bond donors (Lipinski definition) is 1. The first-order valence-corrected chi connectivity index (χ1v) is 8.32. The smallest absolute Gasteiger partial charge is 0.351 e. The molecule has 0 saturated heterocycles. The number of likely N-dealkylation sites (N-methyl/N-ethyl adjacent to an activating group) is 1. The van der Waals surface area contributed by atoms with E-state index in [0.717, 1.165) is 4.90 Å². The Labute approximate surface area is 156 Å². The Morgan fingerprint density at radius 2 is 1.85 bits per heavy atom. The molecule has 0 spiro atoms. The molecule has 0 aliphatic heterocycles. The Morgan fingerprint density at radius 1 is 1.19 bits per heavy atom. The number of amides is 2. The Balaban J connectivity index is 1.97. The first-order chi connectivity index (χ1) is 12.6. The minimum atomic E-state index is -0.963. The number of benzene rings is 1. The van der Waals surface area contributed by atoms with Gasteiger partial charge < -0.3 is 19.4 Å². The van der Waals surface area contributed by atoms with Gasteiger partial charge >= 0.3 is 11.6 Å². The molecule has 1 aromatic carbocycles. The Kier molecular flexibility index (Phi) is 5.99. The fourth-order valence-corrected chi connectivity index (χ4v) is 2.28. The Morgan fingerprint density at radius 3 is 2.52 bits per heavy atom. The van der Waals surface area contributed by atoms with Gasteiger partial charge in [-0.3, -0.25) is 9.59 Å². The van der Waals surface area contributed by atoms with E-state index in [4.69, 9.17) is 9.15 Å². The number of rotatable bonds is 5. The third-order valence-electron chi connectivity index (χ3n) is 3.51. The average molecular weight is 374 g/mol. The number of esters is 1. The summed E-state index contributed by atoms with van der Waals surface area (Å²) in [6.45, 7) is 4.70. The van der Waals surface area contributed by atoms with Crippen LogP contribution in [0.2, 0.25) is 0 Å². The molecule has 0 radical (unpaired) electrons. The summed E-state index contributed by atoms with van der Waals surface area (Å²) in [6.07, 6.45) is 0. The molecule has 2 rings (SSSR count). The van der Waals surface area contributed by atoms with Crippen molar-refractivity contribution in [1.82, 2.24) is 10.2 Å². The molecular formula is C19H22N2O6. The SMILES string of the molecule is CN(CC(=O)NC(C)(C)C)C(=O)COC(=O)c1cc2ccccc2oc1=O. The third-order valence-corrected chi connectivity index (χ3v) is 3.51. The summed E-state index contributed by atoms with van der Waals surface area (Å²) in [5.41, 5.74) is -1.21. The van der Waals surface area contributed by atoms with Crippen molar-refractivity contribution < 1.29 is 23.5 Å². The van der Waals surface area contributed by atoms with Crippen LogP contribution in [-0.2, 0) is 14.3 Å². The van der Waals surface area contributed by atoms with Crippen molar-refractivity contribution in [3.05, 3.63) is 46.3 Å². The van der Waals surface area contributed by atoms with Crippen LogP contribution in [0, 0.1) is 0 Å². The fraction of sp³-hybridized carbons (Fsp3) is 0.368. The van der Waals surface area contributed by atoms with Crippen LogP contribution in [0.15, 0.2) is 39.5 Å². The maximum absolute atomic E-state index is 12.1. The Bertz CT molecular complexity index is 926. The van der Waals surface area contributed by atoms with Crippen molar-refractivity contribution in [3.63, 3.8) is 0 Å². The second-order valence-corrected chi connectivity index (χ2v) is 7.11. The maximum atomic E-state index is 12.1. The van der Waals surface area contributed by atoms with Gasteiger partial charge in [0.05, 0.1) is 6.54 Å². The molecule has 1 N–H and O–H groups in total. The average Bonchev–Trinajstić information content (AvgIpc) is 2.56. The van der Waals surface area contributed by atoms with E-state index < -0.39 is 29.6 Å². The predicted molar refractivity (Wildman–Crippen MR) is 98.3 cm³/mol. The quantitative estimate of drug-likeness (QED) is 0.625. The highest BCUT2D eigenvalue weighted by atomic mass is 16.5. The van der Waals surface area contributed by atoms with E-state index in [2.05, 4.69) is 5.32 Å². The standard InChI is InChI=1S/C19H22N2O6/c1-19(2,3)20-15(22)10-21(4)16(23)11-26-17(24)13-9-12-7-5-6-8-14(12)27-18(13)25/h5-9H,10-11H2,1-4H3,(H,20,22). The van der Waals surface area contributed by atoms with E-state index in [1.165, 1.54) is 13.1 Å². The van der Waals surface area contributed by atoms with Crippen LogP contribution in [0.3, 0.4) is 0 Å². The lowest BCUT2D eigenvalue weighted by molar-refractivity contribution is -0.137. The molecular weight excluding hydrogens is 352 g/mol. The van der Waals surface area contributed by atoms with Gasteiger partial charge in [-0.1, -0.05) is 18.2 Å². The number of nitrogens with one attached hydrogen (secondary N) is 1. The lowest BCUT2D eigenvalue weighted by Crippen LogP contribution is -2.47. The zero-order chi connectivity index (χ0) is 20.2. The lowest BCUT2D eigenvalue weighted by atomic mass is 10.1. The van der Waals surface area contributed by atoms with Crippen molar-refractivity contribution in [1.29, 1.82) is 0 Å². The lowest BCUT2D eigenvalue weighted by Gasteiger charge is -2.23. The molecule has 0 saturated carbocycles. The van der Waals surface area contributed by atoms with Crippen molar-refractivity contribution in [2.45, 2.75) is 26.3 Å². The summed E-state index contributed by atoms with van der Waals surface area (Å²) in [4.78, 5) is 49.0. The number of carbonyl (C=O) groups excluding carboxylic acids is 3. The van der Waals surface area contributed by atoms with Crippen LogP contribution in [0.4, 0.5) is 0 Å². The van der Waals surface area contributed by atoms with Gasteiger partial charge in [-0.25, -0.2) is 9.59 Å². The van der Waals surface area contributed by atoms with Crippen molar-refractivity contribution >= 4 is 28.8 Å². The van der Waals surface area contributed by atoms with Gasteiger partial charge in [0.25, 0.3) is 5.91 Å². The molecule has 0 bridgehead atoms. The molecule has 0 atom stereocenters. The normalized spacial score (nSPS) is 11.1. The second-order valence-electron chi connectivity index (χ2n) is 7.11. The molecule has 27 heavy (non-hydrogen) atoms. The van der Waals surface area contributed by atoms with Crippen LogP contribution in [-0.4, -0.2) is 48.4 Å². The highest BCUT2D eigenvalue weighted by molar-refractivity contribution is 5.94. The van der Waals surface area contributed by atoms with Gasteiger partial charge in [-0.2, -0.15) is 0 Å². The Hall–Kier alpha value is -3.16. The zero-order valence-electron chi connectivity index (χ0n) is 15.7. The summed E-state index contributed by atoms with van der Waals surface area (Å²) in [5, 5.41) is 3.29. The maximum Gasteiger partial charge on any atom is 0.351 e. The molecule has 0 unspecified atom stereocenters. The van der Waals surface area contributed by atoms with Crippen LogP contribution < -0.4 is 10.9 Å². The van der Waals surface area contributed by atoms with Crippen LogP contribution in [0.5, 0.6) is 0 Å². The topological polar surface area (TPSA) is 106 Å². The number of fused-ring (bicyclic) bond motifs is 1. The van der Waals surface area contributed by atoms with E-state index in [9.17, 15) is 19.2 Å². The predicted octanol–water partition coefficient (Wildman–Crippen LogP) is 1.32. The van der Waals surface area contributed by atoms with Crippen LogP contribution >= 0.6 is 0 Å². The summed E-state index contributed by atoms with van der Waals surface area (Å²) >= 11 is 0. The fourth-order valence-electron chi connectivity index (χ4n) is 2.28. The number of ether oxygens (including phenoxy) is 1. The molecule has 8 heteroatoms. The molecule has 0 fully saturated rings. The van der Waals surface area contributed by atoms with Gasteiger partial charge in [-0.05, 0) is 32.9 Å². The summed E-state index contributed by atoms with van der Waals surface area (Å²) < 4.78 is 9.96. The third kappa shape index (κ3) is 5.67. The number of para-hydroxylation sites is 1. The molecule has 2 amide bonds. The van der Waals surface area contributed by atoms with E-state index in [1.54, 1.807) is 24.3 Å². The van der Waals surface area contributed by atoms with Gasteiger partial charge in [-0.15, -0.1) is 0 Å². The summed E-state index contributed by atoms with van der Waals surface area (Å²) in [5.74, 6) is -1.87.